The molecule has 1 N–H and O–H groups in total. The molecular weight excluding hydrogens is 378 g/mol. The molecule has 0 saturated carbocycles. The lowest BCUT2D eigenvalue weighted by Crippen LogP contribution is -2.03. The van der Waals surface area contributed by atoms with E-state index in [2.05, 4.69) is 86.6 Å². The second kappa shape index (κ2) is 7.84. The average molecular weight is 397 g/mol. The Bertz CT molecular complexity index is 529. The van der Waals surface area contributed by atoms with Gasteiger partial charge in [-0.15, -0.1) is 0 Å². The van der Waals surface area contributed by atoms with Gasteiger partial charge in [-0.2, -0.15) is 0 Å². The van der Waals surface area contributed by atoms with Crippen LogP contribution in [0.25, 0.3) is 0 Å². The Morgan fingerprint density at radius 1 is 0.950 bits per heavy atom. The molecular formula is C17H19Br2N. The molecule has 0 aliphatic heterocycles. The summed E-state index contributed by atoms with van der Waals surface area (Å²) in [5.74, 6) is 0. The summed E-state index contributed by atoms with van der Waals surface area (Å²) in [4.78, 5) is 0. The molecule has 0 unspecified atom stereocenters. The Kier molecular flexibility index (Phi) is 6.11. The summed E-state index contributed by atoms with van der Waals surface area (Å²) in [7, 11) is 0. The van der Waals surface area contributed by atoms with Crippen LogP contribution < -0.4 is 5.32 Å². The fraction of sp³-hybridized carbons (Fsp3) is 0.294. The van der Waals surface area contributed by atoms with Crippen LogP contribution in [0.4, 0.5) is 5.69 Å². The Morgan fingerprint density at radius 3 is 2.25 bits per heavy atom. The zero-order chi connectivity index (χ0) is 14.4. The highest BCUT2D eigenvalue weighted by Gasteiger charge is 2.05. The highest BCUT2D eigenvalue weighted by molar-refractivity contribution is 9.11. The maximum Gasteiger partial charge on any atom is 0.0629 e. The number of hydrogen-bond acceptors (Lipinski definition) is 1. The predicted octanol–water partition coefficient (Wildman–Crippen LogP) is 5.95. The molecule has 0 heterocycles. The Hall–Kier alpha value is -0.800. The minimum atomic E-state index is 0.993. The summed E-state index contributed by atoms with van der Waals surface area (Å²) in [6.07, 6.45) is 3.53. The standard InChI is InChI=1S/C17H19Br2N/c1-13-11-15(18)17(16(19)12-13)20-10-6-5-9-14-7-3-2-4-8-14/h2-4,7-8,11-12,20H,5-6,9-10H2,1H3. The molecule has 0 radical (unpaired) electrons. The Labute approximate surface area is 138 Å². The van der Waals surface area contributed by atoms with E-state index < -0.39 is 0 Å². The van der Waals surface area contributed by atoms with E-state index in [0.717, 1.165) is 27.6 Å². The molecule has 0 saturated heterocycles. The number of anilines is 1. The maximum atomic E-state index is 3.61. The smallest absolute Gasteiger partial charge is 0.0629 e. The molecule has 0 amide bonds. The molecule has 0 atom stereocenters. The van der Waals surface area contributed by atoms with Gasteiger partial charge in [-0.1, -0.05) is 30.3 Å². The van der Waals surface area contributed by atoms with Crippen molar-refractivity contribution in [2.45, 2.75) is 26.2 Å². The van der Waals surface area contributed by atoms with Crippen molar-refractivity contribution >= 4 is 37.5 Å². The van der Waals surface area contributed by atoms with Crippen molar-refractivity contribution in [1.82, 2.24) is 0 Å². The molecule has 0 bridgehead atoms. The molecule has 2 rings (SSSR count). The van der Waals surface area contributed by atoms with Crippen LogP contribution in [0.15, 0.2) is 51.4 Å². The van der Waals surface area contributed by atoms with Crippen LogP contribution >= 0.6 is 31.9 Å². The molecule has 2 aromatic carbocycles. The van der Waals surface area contributed by atoms with E-state index in [1.54, 1.807) is 0 Å². The minimum absolute atomic E-state index is 0.993. The van der Waals surface area contributed by atoms with Crippen LogP contribution in [0.5, 0.6) is 0 Å². The summed E-state index contributed by atoms with van der Waals surface area (Å²) in [5, 5.41) is 3.50. The van der Waals surface area contributed by atoms with Crippen LogP contribution in [0.2, 0.25) is 0 Å². The van der Waals surface area contributed by atoms with Gasteiger partial charge in [0.1, 0.15) is 0 Å². The molecule has 0 aliphatic carbocycles. The number of aryl methyl sites for hydroxylation is 2. The molecule has 20 heavy (non-hydrogen) atoms. The first-order chi connectivity index (χ1) is 9.66. The van der Waals surface area contributed by atoms with Crippen molar-refractivity contribution in [3.05, 3.63) is 62.5 Å². The lowest BCUT2D eigenvalue weighted by molar-refractivity contribution is 0.763. The summed E-state index contributed by atoms with van der Waals surface area (Å²) >= 11 is 7.22. The van der Waals surface area contributed by atoms with Gasteiger partial charge < -0.3 is 5.32 Å². The Balaban J connectivity index is 1.76. The SMILES string of the molecule is Cc1cc(Br)c(NCCCCc2ccccc2)c(Br)c1. The van der Waals surface area contributed by atoms with E-state index in [-0.39, 0.29) is 0 Å². The molecule has 0 spiro atoms. The van der Waals surface area contributed by atoms with Gasteiger partial charge in [0, 0.05) is 15.5 Å². The van der Waals surface area contributed by atoms with E-state index in [1.165, 1.54) is 24.0 Å². The van der Waals surface area contributed by atoms with Crippen LogP contribution in [0.3, 0.4) is 0 Å². The first kappa shape index (κ1) is 15.6. The third-order valence-corrected chi connectivity index (χ3v) is 4.47. The summed E-state index contributed by atoms with van der Waals surface area (Å²) in [6, 6.07) is 14.9. The van der Waals surface area contributed by atoms with Gasteiger partial charge >= 0.3 is 0 Å². The number of hydrogen-bond donors (Lipinski definition) is 1. The monoisotopic (exact) mass is 395 g/mol. The van der Waals surface area contributed by atoms with E-state index >= 15 is 0 Å². The molecule has 0 aromatic heterocycles. The van der Waals surface area contributed by atoms with Gasteiger partial charge in [-0.25, -0.2) is 0 Å². The van der Waals surface area contributed by atoms with Crippen LogP contribution in [0, 0.1) is 6.92 Å². The number of halogens is 2. The third-order valence-electron chi connectivity index (χ3n) is 3.22. The Morgan fingerprint density at radius 2 is 1.60 bits per heavy atom. The van der Waals surface area contributed by atoms with Gasteiger partial charge in [-0.05, 0) is 81.3 Å². The topological polar surface area (TPSA) is 12.0 Å². The van der Waals surface area contributed by atoms with Gasteiger partial charge in [0.25, 0.3) is 0 Å². The second-order valence-electron chi connectivity index (χ2n) is 4.97. The first-order valence-corrected chi connectivity index (χ1v) is 8.49. The minimum Gasteiger partial charge on any atom is -0.383 e. The molecule has 106 valence electrons. The van der Waals surface area contributed by atoms with Crippen LogP contribution in [0.1, 0.15) is 24.0 Å². The van der Waals surface area contributed by atoms with Gasteiger partial charge in [0.05, 0.1) is 5.69 Å². The van der Waals surface area contributed by atoms with Crippen molar-refractivity contribution in [1.29, 1.82) is 0 Å². The van der Waals surface area contributed by atoms with Gasteiger partial charge in [-0.3, -0.25) is 0 Å². The predicted molar refractivity (Wildman–Crippen MR) is 94.4 cm³/mol. The first-order valence-electron chi connectivity index (χ1n) is 6.90. The number of benzene rings is 2. The lowest BCUT2D eigenvalue weighted by Gasteiger charge is -2.11. The zero-order valence-corrected chi connectivity index (χ0v) is 14.8. The highest BCUT2D eigenvalue weighted by atomic mass is 79.9. The van der Waals surface area contributed by atoms with Gasteiger partial charge in [0.2, 0.25) is 0 Å². The van der Waals surface area contributed by atoms with Crippen molar-refractivity contribution in [2.24, 2.45) is 0 Å². The van der Waals surface area contributed by atoms with Crippen molar-refractivity contribution in [3.63, 3.8) is 0 Å². The van der Waals surface area contributed by atoms with Gasteiger partial charge in [0.15, 0.2) is 0 Å². The number of unbranched alkanes of at least 4 members (excludes halogenated alkanes) is 1. The van der Waals surface area contributed by atoms with E-state index in [4.69, 9.17) is 0 Å². The summed E-state index contributed by atoms with van der Waals surface area (Å²) in [6.45, 7) is 3.09. The fourth-order valence-electron chi connectivity index (χ4n) is 2.18. The molecule has 3 heteroatoms. The van der Waals surface area contributed by atoms with Crippen molar-refractivity contribution < 1.29 is 0 Å². The summed E-state index contributed by atoms with van der Waals surface area (Å²) < 4.78 is 2.24. The normalized spacial score (nSPS) is 10.6. The van der Waals surface area contributed by atoms with E-state index in [9.17, 15) is 0 Å². The van der Waals surface area contributed by atoms with Crippen LogP contribution in [-0.2, 0) is 6.42 Å². The average Bonchev–Trinajstić information content (AvgIpc) is 2.42. The van der Waals surface area contributed by atoms with Crippen LogP contribution in [-0.4, -0.2) is 6.54 Å². The summed E-state index contributed by atoms with van der Waals surface area (Å²) in [5.41, 5.74) is 3.82. The van der Waals surface area contributed by atoms with Crippen molar-refractivity contribution in [3.8, 4) is 0 Å². The molecule has 1 nitrogen and oxygen atoms in total. The quantitative estimate of drug-likeness (QED) is 0.594. The highest BCUT2D eigenvalue weighted by Crippen LogP contribution is 2.32. The fourth-order valence-corrected chi connectivity index (χ4v) is 3.88. The number of rotatable bonds is 6. The maximum absolute atomic E-state index is 3.61. The lowest BCUT2D eigenvalue weighted by atomic mass is 10.1. The zero-order valence-electron chi connectivity index (χ0n) is 11.6. The van der Waals surface area contributed by atoms with E-state index in [1.807, 2.05) is 0 Å². The van der Waals surface area contributed by atoms with Crippen molar-refractivity contribution in [2.75, 3.05) is 11.9 Å². The third kappa shape index (κ3) is 4.64. The largest absolute Gasteiger partial charge is 0.383 e. The van der Waals surface area contributed by atoms with E-state index in [0.29, 0.717) is 0 Å². The molecule has 2 aromatic rings. The molecule has 0 fully saturated rings. The second-order valence-corrected chi connectivity index (χ2v) is 6.68. The molecule has 0 aliphatic rings. The number of nitrogens with one attached hydrogen (secondary N) is 1.